The number of hydrogen-bond donors (Lipinski definition) is 1. The molecule has 0 spiro atoms. The summed E-state index contributed by atoms with van der Waals surface area (Å²) in [4.78, 5) is 42.1. The van der Waals surface area contributed by atoms with Gasteiger partial charge in [0.1, 0.15) is 10.8 Å². The third-order valence-corrected chi connectivity index (χ3v) is 7.61. The zero-order valence-electron chi connectivity index (χ0n) is 23.9. The molecule has 1 amide bonds. The molecule has 0 radical (unpaired) electrons. The Bertz CT molecular complexity index is 1740. The summed E-state index contributed by atoms with van der Waals surface area (Å²) in [5.41, 5.74) is 1.13. The van der Waals surface area contributed by atoms with Crippen LogP contribution in [0.1, 0.15) is 46.7 Å². The number of rotatable bonds is 11. The second-order valence-corrected chi connectivity index (χ2v) is 11.2. The molecule has 0 unspecified atom stereocenters. The van der Waals surface area contributed by atoms with Gasteiger partial charge in [-0.3, -0.25) is 9.59 Å². The summed E-state index contributed by atoms with van der Waals surface area (Å²) in [6.45, 7) is 3.69. The number of ketones is 1. The monoisotopic (exact) mass is 666 g/mol. The Balaban J connectivity index is 1.45. The van der Waals surface area contributed by atoms with Crippen molar-refractivity contribution < 1.29 is 45.8 Å². The third-order valence-electron chi connectivity index (χ3n) is 6.43. The van der Waals surface area contributed by atoms with Crippen LogP contribution in [0.15, 0.2) is 47.8 Å². The van der Waals surface area contributed by atoms with Gasteiger partial charge >= 0.3 is 5.97 Å². The van der Waals surface area contributed by atoms with Gasteiger partial charge in [0.15, 0.2) is 11.5 Å². The van der Waals surface area contributed by atoms with Crippen molar-refractivity contribution in [3.63, 3.8) is 0 Å². The van der Waals surface area contributed by atoms with Gasteiger partial charge in [0.05, 0.1) is 11.1 Å². The van der Waals surface area contributed by atoms with Gasteiger partial charge in [-0.2, -0.15) is 8.78 Å². The van der Waals surface area contributed by atoms with Gasteiger partial charge in [0.25, 0.3) is 0 Å². The number of nitrogens with zero attached hydrogens (tertiary/aromatic N) is 1. The summed E-state index contributed by atoms with van der Waals surface area (Å²) < 4.78 is 78.0. The summed E-state index contributed by atoms with van der Waals surface area (Å²) in [7, 11) is 1.47. The van der Waals surface area contributed by atoms with Gasteiger partial charge in [-0.15, -0.1) is 11.3 Å². The number of amides is 1. The molecule has 1 atom stereocenters. The Labute approximate surface area is 263 Å². The number of halogens is 6. The molecule has 7 nitrogen and oxygen atoms in total. The van der Waals surface area contributed by atoms with E-state index in [1.54, 1.807) is 36.4 Å². The summed E-state index contributed by atoms with van der Waals surface area (Å²) in [5.74, 6) is -15.5. The molecule has 0 aliphatic rings. The normalized spacial score (nSPS) is 11.8. The van der Waals surface area contributed by atoms with Crippen molar-refractivity contribution in [3.8, 4) is 22.1 Å². The van der Waals surface area contributed by atoms with E-state index in [2.05, 4.69) is 15.0 Å². The van der Waals surface area contributed by atoms with Crippen molar-refractivity contribution in [3.05, 3.63) is 98.8 Å². The predicted octanol–water partition coefficient (Wildman–Crippen LogP) is 7.34. The molecule has 3 aromatic carbocycles. The fourth-order valence-corrected chi connectivity index (χ4v) is 5.23. The number of nitrogens with one attached hydrogen (secondary N) is 1. The molecule has 1 aromatic heterocycles. The molecule has 0 aliphatic heterocycles. The van der Waals surface area contributed by atoms with Crippen LogP contribution in [-0.4, -0.2) is 35.8 Å². The molecule has 0 saturated heterocycles. The van der Waals surface area contributed by atoms with E-state index < -0.39 is 52.4 Å². The van der Waals surface area contributed by atoms with Crippen LogP contribution in [0.4, 0.5) is 22.0 Å². The standard InChI is InChI=1S/C31H24ClF5N2O5S/c1-14(2)43-22-9-8-17(11-19(22)32)21(40)12-18(29(41)38-3)10-15-4-6-16(7-5-15)30-39-20(13-45-30)31(42)44-28-26(36)24(34)23(33)25(35)27(28)37/h4-9,11,13-14,18H,10,12H2,1-3H3,(H,38,41)/t18-/m1/s1. The number of benzene rings is 3. The van der Waals surface area contributed by atoms with E-state index in [4.69, 9.17) is 16.3 Å². The highest BCUT2D eigenvalue weighted by molar-refractivity contribution is 7.13. The van der Waals surface area contributed by atoms with Gasteiger partial charge in [-0.25, -0.2) is 22.9 Å². The Morgan fingerprint density at radius 2 is 1.56 bits per heavy atom. The highest BCUT2D eigenvalue weighted by Gasteiger charge is 2.29. The van der Waals surface area contributed by atoms with Crippen molar-refractivity contribution in [2.24, 2.45) is 5.92 Å². The first-order valence-corrected chi connectivity index (χ1v) is 14.6. The molecule has 236 valence electrons. The number of aromatic nitrogens is 1. The fraction of sp³-hybridized carbons (Fsp3) is 0.226. The van der Waals surface area contributed by atoms with Gasteiger partial charge in [-0.05, 0) is 44.0 Å². The minimum atomic E-state index is -2.38. The van der Waals surface area contributed by atoms with Crippen molar-refractivity contribution in [1.29, 1.82) is 0 Å². The van der Waals surface area contributed by atoms with Gasteiger partial charge in [-0.1, -0.05) is 35.9 Å². The molecular formula is C31H24ClF5N2O5S. The molecule has 0 bridgehead atoms. The maximum absolute atomic E-state index is 13.9. The SMILES string of the molecule is CNC(=O)[C@@H](CC(=O)c1ccc(OC(C)C)c(Cl)c1)Cc1ccc(-c2nc(C(=O)Oc3c(F)c(F)c(F)c(F)c3F)cs2)cc1. The number of thiazole rings is 1. The lowest BCUT2D eigenvalue weighted by Gasteiger charge is -2.16. The van der Waals surface area contributed by atoms with Gasteiger partial charge in [0, 0.05) is 35.9 Å². The zero-order chi connectivity index (χ0) is 33.0. The largest absolute Gasteiger partial charge is 0.489 e. The molecule has 14 heteroatoms. The quantitative estimate of drug-likeness (QED) is 0.0450. The van der Waals surface area contributed by atoms with Crippen molar-refractivity contribution in [2.75, 3.05) is 7.05 Å². The fourth-order valence-electron chi connectivity index (χ4n) is 4.21. The number of carbonyl (C=O) groups is 3. The molecule has 0 aliphatic carbocycles. The van der Waals surface area contributed by atoms with Crippen LogP contribution in [0.3, 0.4) is 0 Å². The van der Waals surface area contributed by atoms with Gasteiger partial charge in [0.2, 0.25) is 40.7 Å². The van der Waals surface area contributed by atoms with Crippen molar-refractivity contribution in [1.82, 2.24) is 10.3 Å². The maximum atomic E-state index is 13.9. The third kappa shape index (κ3) is 7.66. The summed E-state index contributed by atoms with van der Waals surface area (Å²) >= 11 is 7.23. The minimum absolute atomic E-state index is 0.0941. The molecular weight excluding hydrogens is 643 g/mol. The molecule has 1 N–H and O–H groups in total. The summed E-state index contributed by atoms with van der Waals surface area (Å²) in [6.07, 6.45) is 0.0141. The van der Waals surface area contributed by atoms with E-state index in [-0.39, 0.29) is 40.7 Å². The summed E-state index contributed by atoms with van der Waals surface area (Å²) in [6, 6.07) is 11.4. The second kappa shape index (κ2) is 14.2. The number of hydrogen-bond acceptors (Lipinski definition) is 7. The number of carbonyl (C=O) groups excluding carboxylic acids is 3. The first kappa shape index (κ1) is 33.5. The van der Waals surface area contributed by atoms with Crippen LogP contribution in [-0.2, 0) is 11.2 Å². The van der Waals surface area contributed by atoms with Gasteiger partial charge < -0.3 is 14.8 Å². The Hall–Kier alpha value is -4.36. The average Bonchev–Trinajstić information content (AvgIpc) is 3.52. The van der Waals surface area contributed by atoms with Crippen molar-refractivity contribution in [2.45, 2.75) is 32.8 Å². The van der Waals surface area contributed by atoms with E-state index >= 15 is 0 Å². The highest BCUT2D eigenvalue weighted by Crippen LogP contribution is 2.31. The van der Waals surface area contributed by atoms with E-state index in [0.717, 1.165) is 11.3 Å². The van der Waals surface area contributed by atoms with E-state index in [1.807, 2.05) is 13.8 Å². The highest BCUT2D eigenvalue weighted by atomic mass is 35.5. The average molecular weight is 667 g/mol. The molecule has 45 heavy (non-hydrogen) atoms. The van der Waals surface area contributed by atoms with Crippen LogP contribution in [0.25, 0.3) is 10.6 Å². The topological polar surface area (TPSA) is 94.6 Å². The van der Waals surface area contributed by atoms with Crippen LogP contribution in [0.5, 0.6) is 11.5 Å². The summed E-state index contributed by atoms with van der Waals surface area (Å²) in [5, 5.41) is 4.32. The van der Waals surface area contributed by atoms with Crippen LogP contribution < -0.4 is 14.8 Å². The van der Waals surface area contributed by atoms with Crippen LogP contribution in [0.2, 0.25) is 5.02 Å². The number of esters is 1. The number of Topliss-reactive ketones (excluding diaryl/α,β-unsaturated/α-hetero) is 1. The lowest BCUT2D eigenvalue weighted by atomic mass is 9.91. The molecule has 1 heterocycles. The lowest BCUT2D eigenvalue weighted by molar-refractivity contribution is -0.124. The second-order valence-electron chi connectivity index (χ2n) is 9.98. The Morgan fingerprint density at radius 3 is 2.13 bits per heavy atom. The molecule has 0 saturated carbocycles. The van der Waals surface area contributed by atoms with E-state index in [1.165, 1.54) is 18.5 Å². The van der Waals surface area contributed by atoms with Crippen molar-refractivity contribution >= 4 is 40.6 Å². The Kier molecular flexibility index (Phi) is 10.6. The lowest BCUT2D eigenvalue weighted by Crippen LogP contribution is -2.30. The van der Waals surface area contributed by atoms with Crippen LogP contribution >= 0.6 is 22.9 Å². The molecule has 0 fully saturated rings. The van der Waals surface area contributed by atoms with E-state index in [9.17, 15) is 36.3 Å². The predicted molar refractivity (Wildman–Crippen MR) is 156 cm³/mol. The first-order chi connectivity index (χ1) is 21.3. The smallest absolute Gasteiger partial charge is 0.363 e. The van der Waals surface area contributed by atoms with E-state index in [0.29, 0.717) is 22.4 Å². The zero-order valence-corrected chi connectivity index (χ0v) is 25.4. The molecule has 4 aromatic rings. The molecule has 4 rings (SSSR count). The minimum Gasteiger partial charge on any atom is -0.489 e. The Morgan fingerprint density at radius 1 is 0.933 bits per heavy atom. The van der Waals surface area contributed by atoms with Crippen LogP contribution in [0, 0.1) is 35.0 Å². The number of ether oxygens (including phenoxy) is 2. The maximum Gasteiger partial charge on any atom is 0.363 e. The first-order valence-electron chi connectivity index (χ1n) is 13.3.